The van der Waals surface area contributed by atoms with Crippen LogP contribution in [0.1, 0.15) is 41.5 Å². The summed E-state index contributed by atoms with van der Waals surface area (Å²) in [4.78, 5) is 28.5. The number of amides is 2. The molecule has 120 valence electrons. The molecule has 0 saturated carbocycles. The van der Waals surface area contributed by atoms with Crippen molar-refractivity contribution in [1.29, 1.82) is 0 Å². The van der Waals surface area contributed by atoms with Gasteiger partial charge in [-0.15, -0.1) is 0 Å². The van der Waals surface area contributed by atoms with E-state index in [4.69, 9.17) is 0 Å². The van der Waals surface area contributed by atoms with Gasteiger partial charge in [0.05, 0.1) is 0 Å². The van der Waals surface area contributed by atoms with E-state index >= 15 is 0 Å². The molecule has 2 amide bonds. The first kappa shape index (κ1) is 16.5. The second kappa shape index (κ2) is 6.92. The topological polar surface area (TPSA) is 52.7 Å². The molecule has 0 radical (unpaired) electrons. The van der Waals surface area contributed by atoms with Crippen molar-refractivity contribution in [3.05, 3.63) is 35.4 Å². The minimum absolute atomic E-state index is 0.00495. The first-order chi connectivity index (χ1) is 10.5. The van der Waals surface area contributed by atoms with Crippen molar-refractivity contribution >= 4 is 11.8 Å². The van der Waals surface area contributed by atoms with Gasteiger partial charge in [0, 0.05) is 49.9 Å². The molecule has 1 fully saturated rings. The van der Waals surface area contributed by atoms with Crippen LogP contribution in [-0.2, 0) is 0 Å². The smallest absolute Gasteiger partial charge is 0.254 e. The van der Waals surface area contributed by atoms with Gasteiger partial charge in [-0.25, -0.2) is 0 Å². The third-order valence-electron chi connectivity index (χ3n) is 4.47. The fraction of sp³-hybridized carbons (Fsp3) is 0.529. The Kier molecular flexibility index (Phi) is 5.19. The number of carbonyl (C=O) groups excluding carboxylic acids is 2. The lowest BCUT2D eigenvalue weighted by Crippen LogP contribution is -2.57. The highest BCUT2D eigenvalue weighted by molar-refractivity contribution is 5.99. The summed E-state index contributed by atoms with van der Waals surface area (Å²) in [5.74, 6) is -0.0615. The van der Waals surface area contributed by atoms with Crippen molar-refractivity contribution in [1.82, 2.24) is 15.1 Å². The van der Waals surface area contributed by atoms with Gasteiger partial charge in [-0.3, -0.25) is 9.59 Å². The van der Waals surface area contributed by atoms with Gasteiger partial charge >= 0.3 is 0 Å². The lowest BCUT2D eigenvalue weighted by molar-refractivity contribution is 0.0603. The molecule has 2 atom stereocenters. The number of hydrogen-bond donors (Lipinski definition) is 1. The third-order valence-corrected chi connectivity index (χ3v) is 4.47. The van der Waals surface area contributed by atoms with Crippen molar-refractivity contribution in [2.75, 3.05) is 26.7 Å². The molecular weight excluding hydrogens is 278 g/mol. The molecule has 0 aromatic heterocycles. The molecule has 2 unspecified atom stereocenters. The molecule has 1 aliphatic rings. The molecule has 2 rings (SSSR count). The van der Waals surface area contributed by atoms with E-state index in [2.05, 4.69) is 19.2 Å². The first-order valence-corrected chi connectivity index (χ1v) is 7.85. The number of piperazine rings is 1. The molecule has 5 nitrogen and oxygen atoms in total. The molecule has 1 heterocycles. The van der Waals surface area contributed by atoms with Crippen LogP contribution < -0.4 is 5.32 Å². The number of nitrogens with one attached hydrogen (secondary N) is 1. The van der Waals surface area contributed by atoms with Crippen LogP contribution in [0.2, 0.25) is 0 Å². The van der Waals surface area contributed by atoms with Crippen LogP contribution in [0.3, 0.4) is 0 Å². The Labute approximate surface area is 132 Å². The highest BCUT2D eigenvalue weighted by Gasteiger charge is 2.29. The average Bonchev–Trinajstić information content (AvgIpc) is 2.55. The largest absolute Gasteiger partial charge is 0.342 e. The number of hydrogen-bond acceptors (Lipinski definition) is 3. The Hall–Kier alpha value is -1.88. The Bertz CT molecular complexity index is 559. The van der Waals surface area contributed by atoms with Crippen LogP contribution in [-0.4, -0.2) is 60.4 Å². The van der Waals surface area contributed by atoms with E-state index in [-0.39, 0.29) is 23.9 Å². The SMILES string of the molecule is CCN(C)C(=O)c1cccc(C(=O)N2CCNC(C)C2C)c1. The molecule has 0 aliphatic carbocycles. The van der Waals surface area contributed by atoms with Gasteiger partial charge in [0.25, 0.3) is 11.8 Å². The first-order valence-electron chi connectivity index (χ1n) is 7.85. The van der Waals surface area contributed by atoms with E-state index in [0.29, 0.717) is 24.2 Å². The molecule has 1 aromatic rings. The zero-order valence-electron chi connectivity index (χ0n) is 13.8. The molecule has 0 bridgehead atoms. The summed E-state index contributed by atoms with van der Waals surface area (Å²) in [6.07, 6.45) is 0. The number of nitrogens with zero attached hydrogens (tertiary/aromatic N) is 2. The van der Waals surface area contributed by atoms with Gasteiger partial charge in [0.15, 0.2) is 0 Å². The Balaban J connectivity index is 2.22. The number of benzene rings is 1. The maximum Gasteiger partial charge on any atom is 0.254 e. The van der Waals surface area contributed by atoms with Crippen LogP contribution in [0.15, 0.2) is 24.3 Å². The monoisotopic (exact) mass is 303 g/mol. The number of carbonyl (C=O) groups is 2. The minimum Gasteiger partial charge on any atom is -0.342 e. The standard InChI is InChI=1S/C17H25N3O2/c1-5-19(4)16(21)14-7-6-8-15(11-14)17(22)20-10-9-18-12(2)13(20)3/h6-8,11-13,18H,5,9-10H2,1-4H3. The second-order valence-corrected chi connectivity index (χ2v) is 5.88. The van der Waals surface area contributed by atoms with E-state index < -0.39 is 0 Å². The van der Waals surface area contributed by atoms with Crippen molar-refractivity contribution in [2.24, 2.45) is 0 Å². The maximum atomic E-state index is 12.7. The summed E-state index contributed by atoms with van der Waals surface area (Å²) in [7, 11) is 1.76. The molecule has 5 heteroatoms. The summed E-state index contributed by atoms with van der Waals surface area (Å²) in [6, 6.07) is 7.43. The van der Waals surface area contributed by atoms with Gasteiger partial charge < -0.3 is 15.1 Å². The zero-order chi connectivity index (χ0) is 16.3. The van der Waals surface area contributed by atoms with Crippen molar-refractivity contribution < 1.29 is 9.59 Å². The lowest BCUT2D eigenvalue weighted by Gasteiger charge is -2.38. The third kappa shape index (κ3) is 3.30. The van der Waals surface area contributed by atoms with Crippen molar-refractivity contribution in [3.8, 4) is 0 Å². The van der Waals surface area contributed by atoms with Gasteiger partial charge in [0.2, 0.25) is 0 Å². The van der Waals surface area contributed by atoms with E-state index in [9.17, 15) is 9.59 Å². The van der Waals surface area contributed by atoms with Gasteiger partial charge in [-0.1, -0.05) is 6.07 Å². The van der Waals surface area contributed by atoms with Crippen molar-refractivity contribution in [3.63, 3.8) is 0 Å². The van der Waals surface area contributed by atoms with Crippen molar-refractivity contribution in [2.45, 2.75) is 32.9 Å². The zero-order valence-corrected chi connectivity index (χ0v) is 13.8. The molecule has 1 aromatic carbocycles. The summed E-state index contributed by atoms with van der Waals surface area (Å²) < 4.78 is 0. The minimum atomic E-state index is -0.0566. The molecule has 1 N–H and O–H groups in total. The van der Waals surface area contributed by atoms with E-state index in [1.807, 2.05) is 11.8 Å². The normalized spacial score (nSPS) is 21.5. The Morgan fingerprint density at radius 2 is 2.00 bits per heavy atom. The molecule has 0 spiro atoms. The lowest BCUT2D eigenvalue weighted by atomic mass is 10.0. The fourth-order valence-corrected chi connectivity index (χ4v) is 2.66. The summed E-state index contributed by atoms with van der Waals surface area (Å²) in [5.41, 5.74) is 1.14. The highest BCUT2D eigenvalue weighted by Crippen LogP contribution is 2.15. The van der Waals surface area contributed by atoms with Crippen LogP contribution in [0.25, 0.3) is 0 Å². The number of rotatable bonds is 3. The van der Waals surface area contributed by atoms with E-state index in [0.717, 1.165) is 6.54 Å². The Morgan fingerprint density at radius 1 is 1.32 bits per heavy atom. The molecule has 22 heavy (non-hydrogen) atoms. The average molecular weight is 303 g/mol. The van der Waals surface area contributed by atoms with E-state index in [1.165, 1.54) is 0 Å². The highest BCUT2D eigenvalue weighted by atomic mass is 16.2. The summed E-state index contributed by atoms with van der Waals surface area (Å²) in [5, 5.41) is 3.37. The van der Waals surface area contributed by atoms with Crippen LogP contribution >= 0.6 is 0 Å². The van der Waals surface area contributed by atoms with Crippen LogP contribution in [0.4, 0.5) is 0 Å². The van der Waals surface area contributed by atoms with Crippen LogP contribution in [0, 0.1) is 0 Å². The maximum absolute atomic E-state index is 12.7. The van der Waals surface area contributed by atoms with Gasteiger partial charge in [-0.05, 0) is 39.0 Å². The van der Waals surface area contributed by atoms with Gasteiger partial charge in [-0.2, -0.15) is 0 Å². The Morgan fingerprint density at radius 3 is 2.68 bits per heavy atom. The summed E-state index contributed by atoms with van der Waals surface area (Å²) in [6.45, 7) is 8.20. The molecule has 1 saturated heterocycles. The summed E-state index contributed by atoms with van der Waals surface area (Å²) >= 11 is 0. The fourth-order valence-electron chi connectivity index (χ4n) is 2.66. The van der Waals surface area contributed by atoms with Crippen LogP contribution in [0.5, 0.6) is 0 Å². The predicted octanol–water partition coefficient (Wildman–Crippen LogP) is 1.60. The molecular formula is C17H25N3O2. The molecule has 1 aliphatic heterocycles. The van der Waals surface area contributed by atoms with Gasteiger partial charge in [0.1, 0.15) is 0 Å². The second-order valence-electron chi connectivity index (χ2n) is 5.88. The van der Waals surface area contributed by atoms with E-state index in [1.54, 1.807) is 36.2 Å². The quantitative estimate of drug-likeness (QED) is 0.923. The predicted molar refractivity (Wildman–Crippen MR) is 87.0 cm³/mol.